The Balaban J connectivity index is 1.25. The molecule has 10 heteroatoms. The van der Waals surface area contributed by atoms with Crippen LogP contribution >= 0.6 is 23.1 Å². The molecular formula is C37H31N3O5S2. The summed E-state index contributed by atoms with van der Waals surface area (Å²) in [6.45, 7) is 4.37. The van der Waals surface area contributed by atoms with Gasteiger partial charge in [-0.25, -0.2) is 0 Å². The summed E-state index contributed by atoms with van der Waals surface area (Å²) in [6, 6.07) is 29.7. The third kappa shape index (κ3) is 6.39. The van der Waals surface area contributed by atoms with E-state index < -0.39 is 17.7 Å². The van der Waals surface area contributed by atoms with Gasteiger partial charge in [0, 0.05) is 17.7 Å². The van der Waals surface area contributed by atoms with Gasteiger partial charge in [-0.1, -0.05) is 95.4 Å². The van der Waals surface area contributed by atoms with Crippen molar-refractivity contribution in [3.8, 4) is 11.5 Å². The largest absolute Gasteiger partial charge is 0.507 e. The number of aliphatic hydroxyl groups excluding tert-OH is 1. The molecule has 0 spiro atoms. The fraction of sp³-hybridized carbons (Fsp3) is 0.189. The molecule has 1 saturated heterocycles. The van der Waals surface area contributed by atoms with Crippen LogP contribution < -0.4 is 14.4 Å². The Morgan fingerprint density at radius 2 is 1.79 bits per heavy atom. The van der Waals surface area contributed by atoms with Crippen molar-refractivity contribution in [1.29, 1.82) is 0 Å². The van der Waals surface area contributed by atoms with Gasteiger partial charge in [-0.2, -0.15) is 0 Å². The Morgan fingerprint density at radius 3 is 2.60 bits per heavy atom. The molecule has 3 heterocycles. The SMILES string of the molecule is Cc1ccc(CSc2nnc(N3C(=O)C(=O)/C(=C(/O)c4ccc5c(c4)C[C@@H](C)O5)[C@@H]3c3cccc(OCc4ccccc4)c3)s2)cc1. The highest BCUT2D eigenvalue weighted by Crippen LogP contribution is 2.45. The first-order valence-electron chi connectivity index (χ1n) is 15.2. The van der Waals surface area contributed by atoms with E-state index in [9.17, 15) is 14.7 Å². The summed E-state index contributed by atoms with van der Waals surface area (Å²) in [5.41, 5.74) is 5.27. The van der Waals surface area contributed by atoms with E-state index in [-0.39, 0.29) is 22.6 Å². The number of ketones is 1. The molecule has 2 aliphatic rings. The van der Waals surface area contributed by atoms with E-state index in [1.807, 2.05) is 68.4 Å². The lowest BCUT2D eigenvalue weighted by molar-refractivity contribution is -0.132. The van der Waals surface area contributed by atoms with Crippen LogP contribution in [0.4, 0.5) is 5.13 Å². The van der Waals surface area contributed by atoms with E-state index in [1.54, 1.807) is 18.2 Å². The van der Waals surface area contributed by atoms with Gasteiger partial charge in [-0.05, 0) is 66.4 Å². The van der Waals surface area contributed by atoms with Crippen molar-refractivity contribution in [1.82, 2.24) is 10.2 Å². The maximum absolute atomic E-state index is 13.8. The van der Waals surface area contributed by atoms with E-state index in [0.717, 1.165) is 22.4 Å². The maximum Gasteiger partial charge on any atom is 0.301 e. The first kappa shape index (κ1) is 30.7. The minimum absolute atomic E-state index is 0.0158. The number of aliphatic hydroxyl groups is 1. The van der Waals surface area contributed by atoms with Gasteiger partial charge in [0.05, 0.1) is 11.6 Å². The van der Waals surface area contributed by atoms with Crippen molar-refractivity contribution in [2.24, 2.45) is 0 Å². The second kappa shape index (κ2) is 13.1. The standard InChI is InChI=1S/C37H31N3O5S2/c1-22-11-13-25(14-12-22)21-46-37-39-38-36(47-37)40-32(26-9-6-10-29(19-26)44-20-24-7-4-3-5-8-24)31(34(42)35(40)43)33(41)27-15-16-30-28(18-27)17-23(2)45-30/h3-16,18-19,23,32,41H,17,20-21H2,1-2H3/b33-31+/t23-,32+/m1/s1. The molecule has 1 fully saturated rings. The number of ether oxygens (including phenoxy) is 2. The summed E-state index contributed by atoms with van der Waals surface area (Å²) in [5, 5.41) is 20.7. The van der Waals surface area contributed by atoms with Gasteiger partial charge in [-0.15, -0.1) is 10.2 Å². The number of rotatable bonds is 9. The lowest BCUT2D eigenvalue weighted by Crippen LogP contribution is -2.29. The van der Waals surface area contributed by atoms with Crippen molar-refractivity contribution >= 4 is 45.7 Å². The lowest BCUT2D eigenvalue weighted by atomic mass is 9.94. The van der Waals surface area contributed by atoms with Crippen LogP contribution in [0.1, 0.15) is 46.3 Å². The van der Waals surface area contributed by atoms with Gasteiger partial charge in [0.15, 0.2) is 4.34 Å². The molecule has 2 aliphatic heterocycles. The molecule has 0 aliphatic carbocycles. The average Bonchev–Trinajstić information content (AvgIpc) is 3.78. The van der Waals surface area contributed by atoms with E-state index in [0.29, 0.717) is 40.0 Å². The number of carbonyl (C=O) groups excluding carboxylic acids is 2. The fourth-order valence-corrected chi connectivity index (χ4v) is 7.60. The number of Topliss-reactive ketones (excluding diaryl/α,β-unsaturated/α-hetero) is 1. The minimum atomic E-state index is -0.957. The van der Waals surface area contributed by atoms with Crippen molar-refractivity contribution in [3.63, 3.8) is 0 Å². The second-order valence-corrected chi connectivity index (χ2v) is 13.8. The first-order valence-corrected chi connectivity index (χ1v) is 17.0. The monoisotopic (exact) mass is 661 g/mol. The summed E-state index contributed by atoms with van der Waals surface area (Å²) < 4.78 is 12.6. The van der Waals surface area contributed by atoms with E-state index >= 15 is 0 Å². The van der Waals surface area contributed by atoms with Crippen LogP contribution in [0.2, 0.25) is 0 Å². The van der Waals surface area contributed by atoms with Crippen molar-refractivity contribution < 1.29 is 24.2 Å². The summed E-state index contributed by atoms with van der Waals surface area (Å²) in [5.74, 6) is 0.158. The number of fused-ring (bicyclic) bond motifs is 1. The molecule has 1 aromatic heterocycles. The number of carbonyl (C=O) groups is 2. The summed E-state index contributed by atoms with van der Waals surface area (Å²) in [7, 11) is 0. The molecule has 47 heavy (non-hydrogen) atoms. The normalized spacial score (nSPS) is 18.3. The number of nitrogens with zero attached hydrogens (tertiary/aromatic N) is 3. The average molecular weight is 662 g/mol. The molecular weight excluding hydrogens is 631 g/mol. The van der Waals surface area contributed by atoms with Crippen LogP contribution in [0.3, 0.4) is 0 Å². The zero-order chi connectivity index (χ0) is 32.5. The molecule has 0 radical (unpaired) electrons. The molecule has 4 aromatic carbocycles. The Morgan fingerprint density at radius 1 is 0.979 bits per heavy atom. The molecule has 236 valence electrons. The second-order valence-electron chi connectivity index (χ2n) is 11.6. The minimum Gasteiger partial charge on any atom is -0.507 e. The van der Waals surface area contributed by atoms with Crippen LogP contribution in [0.25, 0.3) is 5.76 Å². The van der Waals surface area contributed by atoms with Crippen LogP contribution in [0, 0.1) is 6.92 Å². The molecule has 5 aromatic rings. The van der Waals surface area contributed by atoms with Gasteiger partial charge in [0.1, 0.15) is 30.0 Å². The van der Waals surface area contributed by atoms with Crippen LogP contribution in [-0.4, -0.2) is 33.1 Å². The Hall–Kier alpha value is -4.93. The zero-order valence-corrected chi connectivity index (χ0v) is 27.4. The van der Waals surface area contributed by atoms with E-state index in [1.165, 1.54) is 33.6 Å². The molecule has 0 unspecified atom stereocenters. The van der Waals surface area contributed by atoms with Crippen LogP contribution in [0.15, 0.2) is 107 Å². The Bertz CT molecular complexity index is 1990. The molecule has 1 N–H and O–H groups in total. The Labute approximate surface area is 280 Å². The number of anilines is 1. The smallest absolute Gasteiger partial charge is 0.301 e. The van der Waals surface area contributed by atoms with Gasteiger partial charge in [0.25, 0.3) is 5.78 Å². The maximum atomic E-state index is 13.8. The highest BCUT2D eigenvalue weighted by Gasteiger charge is 2.48. The molecule has 8 nitrogen and oxygen atoms in total. The molecule has 7 rings (SSSR count). The number of amides is 1. The van der Waals surface area contributed by atoms with Gasteiger partial charge in [0.2, 0.25) is 5.13 Å². The Kier molecular flexibility index (Phi) is 8.53. The highest BCUT2D eigenvalue weighted by atomic mass is 32.2. The molecule has 0 bridgehead atoms. The first-order chi connectivity index (χ1) is 22.8. The van der Waals surface area contributed by atoms with E-state index in [4.69, 9.17) is 9.47 Å². The predicted octanol–water partition coefficient (Wildman–Crippen LogP) is 7.67. The molecule has 1 amide bonds. The molecule has 0 saturated carbocycles. The zero-order valence-electron chi connectivity index (χ0n) is 25.8. The predicted molar refractivity (Wildman–Crippen MR) is 183 cm³/mol. The van der Waals surface area contributed by atoms with Gasteiger partial charge < -0.3 is 14.6 Å². The van der Waals surface area contributed by atoms with E-state index in [2.05, 4.69) is 34.5 Å². The summed E-state index contributed by atoms with van der Waals surface area (Å²) in [6.07, 6.45) is 0.699. The van der Waals surface area contributed by atoms with Gasteiger partial charge in [-0.3, -0.25) is 14.5 Å². The highest BCUT2D eigenvalue weighted by molar-refractivity contribution is 8.00. The van der Waals surface area contributed by atoms with Crippen molar-refractivity contribution in [2.45, 2.75) is 49.1 Å². The quantitative estimate of drug-likeness (QED) is 0.0565. The molecule has 2 atom stereocenters. The van der Waals surface area contributed by atoms with Crippen LogP contribution in [-0.2, 0) is 28.4 Å². The van der Waals surface area contributed by atoms with Crippen molar-refractivity contribution in [3.05, 3.63) is 136 Å². The fourth-order valence-electron chi connectivity index (χ4n) is 5.77. The summed E-state index contributed by atoms with van der Waals surface area (Å²) in [4.78, 5) is 28.9. The number of aromatic nitrogens is 2. The number of thioether (sulfide) groups is 1. The van der Waals surface area contributed by atoms with Gasteiger partial charge >= 0.3 is 5.91 Å². The van der Waals surface area contributed by atoms with Crippen molar-refractivity contribution in [2.75, 3.05) is 4.90 Å². The van der Waals surface area contributed by atoms with Crippen LogP contribution in [0.5, 0.6) is 11.5 Å². The number of hydrogen-bond acceptors (Lipinski definition) is 9. The lowest BCUT2D eigenvalue weighted by Gasteiger charge is -2.23. The number of aryl methyl sites for hydroxylation is 1. The third-order valence-corrected chi connectivity index (χ3v) is 10.2. The topological polar surface area (TPSA) is 102 Å². The summed E-state index contributed by atoms with van der Waals surface area (Å²) >= 11 is 2.75. The number of benzene rings is 4. The number of hydrogen-bond donors (Lipinski definition) is 1. The third-order valence-electron chi connectivity index (χ3n) is 8.12.